The zero-order valence-electron chi connectivity index (χ0n) is 18.5. The van der Waals surface area contributed by atoms with Crippen LogP contribution in [0.5, 0.6) is 0 Å². The molecule has 5 rings (SSSR count). The number of hydrogen-bond donors (Lipinski definition) is 1. The van der Waals surface area contributed by atoms with Gasteiger partial charge in [0.15, 0.2) is 5.78 Å². The number of halogens is 1. The number of carbonyl (C=O) groups is 1. The molecule has 0 aromatic carbocycles. The number of Topliss-reactive ketones (excluding diaryl/α,β-unsaturated/α-hetero) is 1. The Hall–Kier alpha value is -1.74. The van der Waals surface area contributed by atoms with E-state index in [1.54, 1.807) is 10.9 Å². The molecule has 168 valence electrons. The largest absolute Gasteiger partial charge is 0.387 e. The lowest BCUT2D eigenvalue weighted by Crippen LogP contribution is -2.52. The summed E-state index contributed by atoms with van der Waals surface area (Å²) in [5.74, 6) is 3.37. The lowest BCUT2D eigenvalue weighted by molar-refractivity contribution is -0.134. The molecule has 0 spiro atoms. The van der Waals surface area contributed by atoms with Crippen molar-refractivity contribution < 1.29 is 14.3 Å². The molecule has 1 heterocycles. The maximum Gasteiger partial charge on any atom is 0.157 e. The molecule has 4 aliphatic rings. The number of rotatable bonds is 4. The van der Waals surface area contributed by atoms with E-state index >= 15 is 0 Å². The first-order valence-corrected chi connectivity index (χ1v) is 12.1. The number of carbonyl (C=O) groups excluding carboxylic acids is 1. The van der Waals surface area contributed by atoms with Crippen LogP contribution in [0.25, 0.3) is 0 Å². The Morgan fingerprint density at radius 2 is 2.03 bits per heavy atom. The number of aliphatic hydroxyl groups is 1. The predicted octanol–water partition coefficient (Wildman–Crippen LogP) is 4.29. The molecule has 0 radical (unpaired) electrons. The minimum absolute atomic E-state index is 0.0602. The van der Waals surface area contributed by atoms with Gasteiger partial charge in [-0.05, 0) is 92.8 Å². The molecule has 6 heteroatoms. The fraction of sp³-hybridized carbons (Fsp3) is 0.800. The van der Waals surface area contributed by atoms with E-state index in [4.69, 9.17) is 5.26 Å². The first-order chi connectivity index (χ1) is 14.9. The maximum atomic E-state index is 13.4. The fourth-order valence-corrected chi connectivity index (χ4v) is 8.39. The molecule has 4 fully saturated rings. The molecular weight excluding hydrogens is 393 g/mol. The third-order valence-corrected chi connectivity index (χ3v) is 9.82. The van der Waals surface area contributed by atoms with Gasteiger partial charge < -0.3 is 5.11 Å². The van der Waals surface area contributed by atoms with Crippen LogP contribution < -0.4 is 0 Å². The number of aromatic nitrogens is 2. The summed E-state index contributed by atoms with van der Waals surface area (Å²) in [5, 5.41) is 23.7. The van der Waals surface area contributed by atoms with Gasteiger partial charge in [0.05, 0.1) is 23.9 Å². The highest BCUT2D eigenvalue weighted by Crippen LogP contribution is 2.64. The topological polar surface area (TPSA) is 78.9 Å². The molecule has 4 aliphatic carbocycles. The van der Waals surface area contributed by atoms with E-state index in [-0.39, 0.29) is 23.7 Å². The number of alkyl halides is 1. The molecule has 0 saturated heterocycles. The van der Waals surface area contributed by atoms with Gasteiger partial charge in [-0.3, -0.25) is 9.48 Å². The Morgan fingerprint density at radius 1 is 1.23 bits per heavy atom. The summed E-state index contributed by atoms with van der Waals surface area (Å²) < 4.78 is 15.0. The zero-order valence-corrected chi connectivity index (χ0v) is 18.5. The predicted molar refractivity (Wildman–Crippen MR) is 113 cm³/mol. The monoisotopic (exact) mass is 427 g/mol. The standard InChI is InChI=1S/C25H34FN3O2/c1-24-8-6-19-18-7-9-25(31,15-26)10-17(18)2-3-20(19)21(24)4-5-22(24)23(30)14-29-13-16(11-27)12-28-29/h12-13,17-22,31H,2-10,14-15H2,1H3/t17?,18-,19+,20+,21-,22+,24-,25+/m0/s1. The van der Waals surface area contributed by atoms with Gasteiger partial charge in [0.25, 0.3) is 0 Å². The highest BCUT2D eigenvalue weighted by Gasteiger charge is 2.59. The molecule has 31 heavy (non-hydrogen) atoms. The van der Waals surface area contributed by atoms with Crippen LogP contribution in [0.3, 0.4) is 0 Å². The van der Waals surface area contributed by atoms with Crippen LogP contribution >= 0.6 is 0 Å². The van der Waals surface area contributed by atoms with Crippen LogP contribution in [-0.4, -0.2) is 32.9 Å². The molecular formula is C25H34FN3O2. The van der Waals surface area contributed by atoms with Crippen LogP contribution in [0.2, 0.25) is 0 Å². The number of nitrogens with zero attached hydrogens (tertiary/aromatic N) is 3. The fourth-order valence-electron chi connectivity index (χ4n) is 8.39. The van der Waals surface area contributed by atoms with E-state index in [1.165, 1.54) is 12.6 Å². The van der Waals surface area contributed by atoms with Crippen molar-refractivity contribution in [1.29, 1.82) is 5.26 Å². The first kappa shape index (κ1) is 21.1. The van der Waals surface area contributed by atoms with Crippen molar-refractivity contribution in [2.24, 2.45) is 40.9 Å². The van der Waals surface area contributed by atoms with Gasteiger partial charge in [-0.15, -0.1) is 0 Å². The molecule has 1 N–H and O–H groups in total. The van der Waals surface area contributed by atoms with Crippen molar-refractivity contribution in [1.82, 2.24) is 9.78 Å². The molecule has 0 amide bonds. The lowest BCUT2D eigenvalue weighted by Gasteiger charge is -2.56. The van der Waals surface area contributed by atoms with Crippen molar-refractivity contribution in [2.75, 3.05) is 6.67 Å². The summed E-state index contributed by atoms with van der Waals surface area (Å²) in [4.78, 5) is 13.3. The van der Waals surface area contributed by atoms with Crippen molar-refractivity contribution in [3.05, 3.63) is 18.0 Å². The molecule has 5 nitrogen and oxygen atoms in total. The van der Waals surface area contributed by atoms with Crippen LogP contribution in [0, 0.1) is 52.3 Å². The molecule has 0 aliphatic heterocycles. The Labute approximate surface area is 184 Å². The number of fused-ring (bicyclic) bond motifs is 5. The minimum atomic E-state index is -1.08. The van der Waals surface area contributed by atoms with Gasteiger partial charge in [0, 0.05) is 12.1 Å². The Kier molecular flexibility index (Phi) is 5.24. The van der Waals surface area contributed by atoms with Crippen molar-refractivity contribution in [3.8, 4) is 6.07 Å². The van der Waals surface area contributed by atoms with Gasteiger partial charge in [-0.25, -0.2) is 4.39 Å². The quantitative estimate of drug-likeness (QED) is 0.777. The first-order valence-electron chi connectivity index (χ1n) is 12.1. The van der Waals surface area contributed by atoms with Gasteiger partial charge in [-0.2, -0.15) is 10.4 Å². The second kappa shape index (κ2) is 7.69. The maximum absolute atomic E-state index is 13.4. The highest BCUT2D eigenvalue weighted by atomic mass is 19.1. The van der Waals surface area contributed by atoms with E-state index < -0.39 is 12.3 Å². The average Bonchev–Trinajstić information content (AvgIpc) is 3.36. The SMILES string of the molecule is C[C@]12CC[C@H]3[C@@H](CCC4C[C@@](O)(CF)CC[C@@H]43)[C@@H]1CC[C@@H]2C(=O)Cn1cc(C#N)cn1. The number of nitriles is 1. The van der Waals surface area contributed by atoms with Crippen molar-refractivity contribution in [2.45, 2.75) is 76.9 Å². The van der Waals surface area contributed by atoms with Crippen molar-refractivity contribution in [3.63, 3.8) is 0 Å². The van der Waals surface area contributed by atoms with Crippen LogP contribution in [0.4, 0.5) is 4.39 Å². The second-order valence-electron chi connectivity index (χ2n) is 11.2. The third kappa shape index (κ3) is 3.44. The summed E-state index contributed by atoms with van der Waals surface area (Å²) in [6.07, 6.45) is 12.0. The van der Waals surface area contributed by atoms with Gasteiger partial charge in [-0.1, -0.05) is 6.92 Å². The van der Waals surface area contributed by atoms with E-state index in [2.05, 4.69) is 18.1 Å². The third-order valence-electron chi connectivity index (χ3n) is 9.82. The van der Waals surface area contributed by atoms with E-state index in [9.17, 15) is 14.3 Å². The van der Waals surface area contributed by atoms with Crippen LogP contribution in [0.1, 0.15) is 70.3 Å². The summed E-state index contributed by atoms with van der Waals surface area (Å²) in [6, 6.07) is 2.07. The van der Waals surface area contributed by atoms with Crippen LogP contribution in [0.15, 0.2) is 12.4 Å². The zero-order chi connectivity index (χ0) is 21.8. The van der Waals surface area contributed by atoms with Crippen molar-refractivity contribution >= 4 is 5.78 Å². The minimum Gasteiger partial charge on any atom is -0.387 e. The molecule has 4 saturated carbocycles. The van der Waals surface area contributed by atoms with E-state index in [0.717, 1.165) is 38.5 Å². The van der Waals surface area contributed by atoms with E-state index in [1.807, 2.05) is 0 Å². The lowest BCUT2D eigenvalue weighted by atomic mass is 9.49. The average molecular weight is 428 g/mol. The Morgan fingerprint density at radius 3 is 2.77 bits per heavy atom. The van der Waals surface area contributed by atoms with Crippen LogP contribution in [-0.2, 0) is 11.3 Å². The number of hydrogen-bond acceptors (Lipinski definition) is 4. The summed E-state index contributed by atoms with van der Waals surface area (Å²) in [6.45, 7) is 2.00. The molecule has 1 aromatic rings. The molecule has 8 atom stereocenters. The highest BCUT2D eigenvalue weighted by molar-refractivity contribution is 5.82. The smallest absolute Gasteiger partial charge is 0.157 e. The number of ketones is 1. The Bertz CT molecular complexity index is 894. The molecule has 1 aromatic heterocycles. The summed E-state index contributed by atoms with van der Waals surface area (Å²) in [7, 11) is 0. The second-order valence-corrected chi connectivity index (χ2v) is 11.2. The summed E-state index contributed by atoms with van der Waals surface area (Å²) in [5.41, 5.74) is -0.530. The Balaban J connectivity index is 1.29. The summed E-state index contributed by atoms with van der Waals surface area (Å²) >= 11 is 0. The van der Waals surface area contributed by atoms with Gasteiger partial charge in [0.2, 0.25) is 0 Å². The van der Waals surface area contributed by atoms with Gasteiger partial charge in [0.1, 0.15) is 12.7 Å². The molecule has 1 unspecified atom stereocenters. The van der Waals surface area contributed by atoms with Gasteiger partial charge >= 0.3 is 0 Å². The normalized spacial score (nSPS) is 44.1. The van der Waals surface area contributed by atoms with E-state index in [0.29, 0.717) is 48.0 Å². The molecule has 0 bridgehead atoms.